The first-order chi connectivity index (χ1) is 17.5. The number of hydrogen-bond acceptors (Lipinski definition) is 4. The lowest BCUT2D eigenvalue weighted by atomic mass is 10.1. The Hall–Kier alpha value is -3.58. The summed E-state index contributed by atoms with van der Waals surface area (Å²) in [5.41, 5.74) is 3.57. The van der Waals surface area contributed by atoms with Gasteiger partial charge in [0.1, 0.15) is 5.37 Å². The summed E-state index contributed by atoms with van der Waals surface area (Å²) in [5, 5.41) is 5.75. The average Bonchev–Trinajstić information content (AvgIpc) is 3.28. The van der Waals surface area contributed by atoms with Crippen molar-refractivity contribution in [3.05, 3.63) is 101 Å². The number of thioether (sulfide) groups is 1. The third-order valence-electron chi connectivity index (χ3n) is 6.32. The number of hydrogen-bond donors (Lipinski definition) is 2. The summed E-state index contributed by atoms with van der Waals surface area (Å²) in [6, 6.07) is 24.5. The molecule has 1 fully saturated rings. The zero-order chi connectivity index (χ0) is 25.5. The largest absolute Gasteiger partial charge is 0.350 e. The van der Waals surface area contributed by atoms with Crippen molar-refractivity contribution in [2.75, 3.05) is 17.6 Å². The summed E-state index contributed by atoms with van der Waals surface area (Å²) >= 11 is 1.61. The summed E-state index contributed by atoms with van der Waals surface area (Å²) in [5.74, 6) is 0.0857. The number of rotatable bonds is 9. The van der Waals surface area contributed by atoms with Crippen LogP contribution >= 0.6 is 11.8 Å². The summed E-state index contributed by atoms with van der Waals surface area (Å²) in [6.07, 6.45) is 1.62. The number of benzene rings is 3. The van der Waals surface area contributed by atoms with Crippen LogP contribution in [0.3, 0.4) is 0 Å². The molecule has 1 heterocycles. The van der Waals surface area contributed by atoms with Gasteiger partial charge in [-0.15, -0.1) is 11.8 Å². The molecule has 0 unspecified atom stereocenters. The minimum atomic E-state index is -0.290. The maximum atomic E-state index is 13.0. The zero-order valence-corrected chi connectivity index (χ0v) is 21.4. The highest BCUT2D eigenvalue weighted by Crippen LogP contribution is 2.38. The van der Waals surface area contributed by atoms with Gasteiger partial charge >= 0.3 is 0 Å². The predicted molar refractivity (Wildman–Crippen MR) is 145 cm³/mol. The van der Waals surface area contributed by atoms with Gasteiger partial charge < -0.3 is 15.5 Å². The molecule has 1 saturated heterocycles. The Morgan fingerprint density at radius 3 is 2.39 bits per heavy atom. The van der Waals surface area contributed by atoms with Gasteiger partial charge in [-0.05, 0) is 55.2 Å². The molecule has 36 heavy (non-hydrogen) atoms. The van der Waals surface area contributed by atoms with Crippen molar-refractivity contribution in [3.8, 4) is 0 Å². The Morgan fingerprint density at radius 2 is 1.67 bits per heavy atom. The highest BCUT2D eigenvalue weighted by Gasteiger charge is 2.32. The first kappa shape index (κ1) is 25.5. The third kappa shape index (κ3) is 6.15. The van der Waals surface area contributed by atoms with Crippen LogP contribution in [0.2, 0.25) is 0 Å². The number of para-hydroxylation sites is 1. The van der Waals surface area contributed by atoms with Gasteiger partial charge in [0, 0.05) is 18.2 Å². The van der Waals surface area contributed by atoms with E-state index < -0.39 is 0 Å². The molecule has 6 nitrogen and oxygen atoms in total. The maximum absolute atomic E-state index is 13.0. The highest BCUT2D eigenvalue weighted by molar-refractivity contribution is 8.00. The van der Waals surface area contributed by atoms with Crippen LogP contribution in [0.4, 0.5) is 5.69 Å². The molecule has 0 aromatic heterocycles. The summed E-state index contributed by atoms with van der Waals surface area (Å²) < 4.78 is 0. The summed E-state index contributed by atoms with van der Waals surface area (Å²) in [6.45, 7) is 4.60. The quantitative estimate of drug-likeness (QED) is 0.418. The molecule has 1 aliphatic heterocycles. The van der Waals surface area contributed by atoms with E-state index in [4.69, 9.17) is 0 Å². The van der Waals surface area contributed by atoms with Crippen LogP contribution in [0.25, 0.3) is 0 Å². The fraction of sp³-hybridized carbons (Fsp3) is 0.276. The van der Waals surface area contributed by atoms with E-state index in [0.717, 1.165) is 18.4 Å². The first-order valence-electron chi connectivity index (χ1n) is 12.2. The SMILES string of the molecule is CC[C@H](C)NC(=O)c1ccccc1NC(=O)c1ccc([C@H]2SCC(=O)N2CCc2ccccc2)cc1. The second-order valence-electron chi connectivity index (χ2n) is 8.89. The van der Waals surface area contributed by atoms with Gasteiger partial charge in [-0.3, -0.25) is 14.4 Å². The third-order valence-corrected chi connectivity index (χ3v) is 7.58. The van der Waals surface area contributed by atoms with Gasteiger partial charge in [-0.25, -0.2) is 0 Å². The molecule has 0 bridgehead atoms. The Morgan fingerprint density at radius 1 is 0.972 bits per heavy atom. The molecule has 3 aromatic carbocycles. The molecule has 2 atom stereocenters. The van der Waals surface area contributed by atoms with Crippen LogP contribution in [0.5, 0.6) is 0 Å². The molecule has 3 amide bonds. The van der Waals surface area contributed by atoms with Crippen molar-refractivity contribution in [1.29, 1.82) is 0 Å². The van der Waals surface area contributed by atoms with Crippen molar-refractivity contribution in [2.24, 2.45) is 0 Å². The molecule has 4 rings (SSSR count). The van der Waals surface area contributed by atoms with Gasteiger partial charge in [0.05, 0.1) is 17.0 Å². The van der Waals surface area contributed by atoms with Crippen molar-refractivity contribution in [2.45, 2.75) is 38.1 Å². The first-order valence-corrected chi connectivity index (χ1v) is 13.3. The lowest BCUT2D eigenvalue weighted by Crippen LogP contribution is -2.32. The van der Waals surface area contributed by atoms with E-state index in [-0.39, 0.29) is 29.1 Å². The highest BCUT2D eigenvalue weighted by atomic mass is 32.2. The lowest BCUT2D eigenvalue weighted by molar-refractivity contribution is -0.128. The zero-order valence-electron chi connectivity index (χ0n) is 20.6. The fourth-order valence-corrected chi connectivity index (χ4v) is 5.27. The molecule has 0 spiro atoms. The van der Waals surface area contributed by atoms with Gasteiger partial charge in [-0.2, -0.15) is 0 Å². The predicted octanol–water partition coefficient (Wildman–Crippen LogP) is 5.28. The molecule has 1 aliphatic rings. The Bertz CT molecular complexity index is 1210. The van der Waals surface area contributed by atoms with E-state index in [1.165, 1.54) is 5.56 Å². The summed E-state index contributed by atoms with van der Waals surface area (Å²) in [4.78, 5) is 40.1. The van der Waals surface area contributed by atoms with Crippen molar-refractivity contribution in [3.63, 3.8) is 0 Å². The van der Waals surface area contributed by atoms with Crippen molar-refractivity contribution < 1.29 is 14.4 Å². The fourth-order valence-electron chi connectivity index (χ4n) is 4.05. The number of anilines is 1. The van der Waals surface area contributed by atoms with Gasteiger partial charge in [0.25, 0.3) is 11.8 Å². The van der Waals surface area contributed by atoms with Crippen molar-refractivity contribution in [1.82, 2.24) is 10.2 Å². The molecule has 3 aromatic rings. The molecule has 7 heteroatoms. The molecule has 0 saturated carbocycles. The number of carbonyl (C=O) groups is 3. The number of nitrogens with zero attached hydrogens (tertiary/aromatic N) is 1. The normalized spacial score (nSPS) is 16.0. The van der Waals surface area contributed by atoms with Crippen LogP contribution in [0.15, 0.2) is 78.9 Å². The lowest BCUT2D eigenvalue weighted by Gasteiger charge is -2.24. The maximum Gasteiger partial charge on any atom is 0.255 e. The van der Waals surface area contributed by atoms with E-state index in [1.807, 2.05) is 49.1 Å². The van der Waals surface area contributed by atoms with Gasteiger partial charge in [0.2, 0.25) is 5.91 Å². The number of carbonyl (C=O) groups excluding carboxylic acids is 3. The smallest absolute Gasteiger partial charge is 0.255 e. The van der Waals surface area contributed by atoms with Gasteiger partial charge in [-0.1, -0.05) is 61.5 Å². The Labute approximate surface area is 216 Å². The molecule has 0 aliphatic carbocycles. The molecular weight excluding hydrogens is 470 g/mol. The van der Waals surface area contributed by atoms with Crippen LogP contribution < -0.4 is 10.6 Å². The van der Waals surface area contributed by atoms with E-state index in [0.29, 0.717) is 29.1 Å². The van der Waals surface area contributed by atoms with Crippen LogP contribution in [0, 0.1) is 0 Å². The molecular formula is C29H31N3O3S. The Balaban J connectivity index is 1.43. The average molecular weight is 502 g/mol. The number of amides is 3. The van der Waals surface area contributed by atoms with E-state index in [9.17, 15) is 14.4 Å². The molecule has 186 valence electrons. The second kappa shape index (κ2) is 11.9. The second-order valence-corrected chi connectivity index (χ2v) is 9.96. The van der Waals surface area contributed by atoms with E-state index in [1.54, 1.807) is 48.2 Å². The van der Waals surface area contributed by atoms with Crippen LogP contribution in [0.1, 0.15) is 57.5 Å². The molecule has 2 N–H and O–H groups in total. The minimum Gasteiger partial charge on any atom is -0.350 e. The van der Waals surface area contributed by atoms with Crippen molar-refractivity contribution >= 4 is 35.2 Å². The summed E-state index contributed by atoms with van der Waals surface area (Å²) in [7, 11) is 0. The molecule has 0 radical (unpaired) electrons. The number of nitrogens with one attached hydrogen (secondary N) is 2. The Kier molecular flexibility index (Phi) is 8.44. The standard InChI is InChI=1S/C29H31N3O3S/c1-3-20(2)30-28(35)24-11-7-8-12-25(24)31-27(34)22-13-15-23(16-14-22)29-32(26(33)19-36-29)18-17-21-9-5-4-6-10-21/h4-16,20,29H,3,17-19H2,1-2H3,(H,30,35)(H,31,34)/t20-,29+/m0/s1. The van der Waals surface area contributed by atoms with E-state index >= 15 is 0 Å². The van der Waals surface area contributed by atoms with Crippen LogP contribution in [-0.2, 0) is 11.2 Å². The van der Waals surface area contributed by atoms with E-state index in [2.05, 4.69) is 22.8 Å². The topological polar surface area (TPSA) is 78.5 Å². The van der Waals surface area contributed by atoms with Crippen LogP contribution in [-0.4, -0.2) is 41.0 Å². The van der Waals surface area contributed by atoms with Gasteiger partial charge in [0.15, 0.2) is 0 Å². The monoisotopic (exact) mass is 501 g/mol. The minimum absolute atomic E-state index is 0.0430.